The van der Waals surface area contributed by atoms with Crippen LogP contribution in [0.2, 0.25) is 0 Å². The van der Waals surface area contributed by atoms with Crippen LogP contribution >= 0.6 is 0 Å². The second-order valence-electron chi connectivity index (χ2n) is 8.43. The first-order valence-electron chi connectivity index (χ1n) is 11.4. The molecule has 0 fully saturated rings. The van der Waals surface area contributed by atoms with Crippen molar-refractivity contribution in [3.05, 3.63) is 82.8 Å². The van der Waals surface area contributed by atoms with Crippen LogP contribution in [0.1, 0.15) is 30.7 Å². The first kappa shape index (κ1) is 22.3. The van der Waals surface area contributed by atoms with E-state index in [1.54, 1.807) is 37.3 Å². The number of ether oxygens (including phenoxy) is 2. The summed E-state index contributed by atoms with van der Waals surface area (Å²) >= 11 is 0. The molecule has 0 amide bonds. The zero-order chi connectivity index (χ0) is 24.5. The van der Waals surface area contributed by atoms with Crippen LogP contribution in [0.5, 0.6) is 11.5 Å². The highest BCUT2D eigenvalue weighted by molar-refractivity contribution is 6.01. The summed E-state index contributed by atoms with van der Waals surface area (Å²) in [5.41, 5.74) is 10.7. The van der Waals surface area contributed by atoms with Crippen molar-refractivity contribution >= 4 is 11.6 Å². The van der Waals surface area contributed by atoms with Gasteiger partial charge in [0.05, 0.1) is 37.5 Å². The number of hydrogen-bond acceptors (Lipinski definition) is 7. The van der Waals surface area contributed by atoms with E-state index in [2.05, 4.69) is 16.3 Å². The first-order valence-corrected chi connectivity index (χ1v) is 11.4. The minimum Gasteiger partial charge on any atom is -0.497 e. The fourth-order valence-corrected chi connectivity index (χ4v) is 4.92. The Morgan fingerprint density at radius 3 is 2.63 bits per heavy atom. The van der Waals surface area contributed by atoms with Crippen LogP contribution < -0.4 is 20.1 Å². The third-order valence-electron chi connectivity index (χ3n) is 6.54. The summed E-state index contributed by atoms with van der Waals surface area (Å²) in [6.07, 6.45) is 1.74. The zero-order valence-electron chi connectivity index (χ0n) is 19.5. The van der Waals surface area contributed by atoms with Crippen molar-refractivity contribution in [1.29, 1.82) is 5.26 Å². The van der Waals surface area contributed by atoms with E-state index in [0.717, 1.165) is 17.0 Å². The minimum absolute atomic E-state index is 0.00908. The molecule has 8 nitrogen and oxygen atoms in total. The average Bonchev–Trinajstić information content (AvgIpc) is 3.38. The smallest absolute Gasteiger partial charge is 0.161 e. The van der Waals surface area contributed by atoms with Gasteiger partial charge in [-0.05, 0) is 36.6 Å². The molecule has 1 atom stereocenters. The van der Waals surface area contributed by atoms with Gasteiger partial charge in [0.1, 0.15) is 17.3 Å². The number of hydrogen-bond donors (Lipinski definition) is 2. The van der Waals surface area contributed by atoms with Crippen LogP contribution in [-0.2, 0) is 4.79 Å². The molecule has 2 aromatic carbocycles. The van der Waals surface area contributed by atoms with E-state index in [1.807, 2.05) is 36.4 Å². The lowest BCUT2D eigenvalue weighted by atomic mass is 9.75. The molecule has 176 valence electrons. The minimum atomic E-state index is -0.656. The Bertz CT molecular complexity index is 1400. The highest BCUT2D eigenvalue weighted by atomic mass is 16.5. The van der Waals surface area contributed by atoms with Crippen LogP contribution in [0.15, 0.2) is 77.3 Å². The third kappa shape index (κ3) is 3.71. The SMILES string of the molecule is COc1ccc(OC)c(C2C(C#N)=C(N)N(c3cc(-c4ccccc4)[nH]n3)C3=C2C(=O)CCC3)c1. The Balaban J connectivity index is 1.70. The highest BCUT2D eigenvalue weighted by Crippen LogP contribution is 2.48. The maximum atomic E-state index is 13.4. The number of aromatic amines is 1. The molecule has 2 aliphatic rings. The van der Waals surface area contributed by atoms with Gasteiger partial charge in [-0.25, -0.2) is 0 Å². The summed E-state index contributed by atoms with van der Waals surface area (Å²) in [7, 11) is 3.13. The van der Waals surface area contributed by atoms with E-state index in [-0.39, 0.29) is 17.2 Å². The van der Waals surface area contributed by atoms with Gasteiger partial charge in [-0.1, -0.05) is 30.3 Å². The topological polar surface area (TPSA) is 117 Å². The average molecular weight is 468 g/mol. The molecule has 3 N–H and O–H groups in total. The second-order valence-corrected chi connectivity index (χ2v) is 8.43. The molecule has 0 saturated heterocycles. The molecule has 5 rings (SSSR count). The molecule has 1 unspecified atom stereocenters. The number of carbonyl (C=O) groups is 1. The number of methoxy groups -OCH3 is 2. The van der Waals surface area contributed by atoms with Crippen LogP contribution in [-0.4, -0.2) is 30.2 Å². The summed E-state index contributed by atoms with van der Waals surface area (Å²) in [4.78, 5) is 15.1. The van der Waals surface area contributed by atoms with Gasteiger partial charge in [0.25, 0.3) is 0 Å². The Hall–Kier alpha value is -4.51. The van der Waals surface area contributed by atoms with E-state index < -0.39 is 5.92 Å². The number of aromatic nitrogens is 2. The molecule has 2 heterocycles. The van der Waals surface area contributed by atoms with Crippen molar-refractivity contribution in [1.82, 2.24) is 10.2 Å². The Kier molecular flexibility index (Phi) is 5.75. The van der Waals surface area contributed by atoms with Crippen molar-refractivity contribution in [3.63, 3.8) is 0 Å². The molecule has 35 heavy (non-hydrogen) atoms. The van der Waals surface area contributed by atoms with Crippen molar-refractivity contribution in [2.45, 2.75) is 25.2 Å². The summed E-state index contributed by atoms with van der Waals surface area (Å²) in [5, 5.41) is 17.8. The summed E-state index contributed by atoms with van der Waals surface area (Å²) < 4.78 is 11.0. The van der Waals surface area contributed by atoms with Gasteiger partial charge in [-0.15, -0.1) is 0 Å². The van der Waals surface area contributed by atoms with Gasteiger partial charge in [0.15, 0.2) is 11.6 Å². The largest absolute Gasteiger partial charge is 0.497 e. The van der Waals surface area contributed by atoms with Gasteiger partial charge in [0, 0.05) is 29.3 Å². The van der Waals surface area contributed by atoms with E-state index >= 15 is 0 Å². The van der Waals surface area contributed by atoms with Gasteiger partial charge < -0.3 is 15.2 Å². The number of nitrogens with one attached hydrogen (secondary N) is 1. The molecule has 3 aromatic rings. The van der Waals surface area contributed by atoms with E-state index in [9.17, 15) is 10.1 Å². The second kappa shape index (κ2) is 9.03. The maximum Gasteiger partial charge on any atom is 0.161 e. The monoisotopic (exact) mass is 467 g/mol. The zero-order valence-corrected chi connectivity index (χ0v) is 19.5. The van der Waals surface area contributed by atoms with Crippen LogP contribution in [0, 0.1) is 11.3 Å². The number of ketones is 1. The number of allylic oxidation sites excluding steroid dienone is 3. The number of H-pyrrole nitrogens is 1. The van der Waals surface area contributed by atoms with Crippen molar-refractivity contribution in [3.8, 4) is 28.8 Å². The standard InChI is InChI=1S/C27H25N5O3/c1-34-17-11-12-23(35-2)18(13-17)25-19(15-28)27(29)32(21-9-6-10-22(33)26(21)25)24-14-20(30-31-24)16-7-4-3-5-8-16/h3-5,7-8,11-14,25H,6,9-10,29H2,1-2H3,(H,30,31). The summed E-state index contributed by atoms with van der Waals surface area (Å²) in [6.45, 7) is 0. The van der Waals surface area contributed by atoms with E-state index in [4.69, 9.17) is 15.2 Å². The number of Topliss-reactive ketones (excluding diaryl/α,β-unsaturated/α-hetero) is 1. The van der Waals surface area contributed by atoms with Gasteiger partial charge in [0.2, 0.25) is 0 Å². The lowest BCUT2D eigenvalue weighted by Gasteiger charge is -2.38. The Morgan fingerprint density at radius 2 is 1.91 bits per heavy atom. The number of nitrogens with zero attached hydrogens (tertiary/aromatic N) is 3. The molecule has 0 saturated carbocycles. The molecule has 1 aliphatic heterocycles. The van der Waals surface area contributed by atoms with Crippen LogP contribution in [0.3, 0.4) is 0 Å². The normalized spacial score (nSPS) is 17.8. The Morgan fingerprint density at radius 1 is 1.11 bits per heavy atom. The number of benzene rings is 2. The molecular weight excluding hydrogens is 442 g/mol. The van der Waals surface area contributed by atoms with Crippen molar-refractivity contribution in [2.75, 3.05) is 19.1 Å². The quantitative estimate of drug-likeness (QED) is 0.571. The number of rotatable bonds is 5. The highest BCUT2D eigenvalue weighted by Gasteiger charge is 2.42. The lowest BCUT2D eigenvalue weighted by Crippen LogP contribution is -2.39. The van der Waals surface area contributed by atoms with Gasteiger partial charge in [-0.3, -0.25) is 14.8 Å². The predicted molar refractivity (Wildman–Crippen MR) is 132 cm³/mol. The fourth-order valence-electron chi connectivity index (χ4n) is 4.92. The summed E-state index contributed by atoms with van der Waals surface area (Å²) in [5.74, 6) is 1.28. The third-order valence-corrected chi connectivity index (χ3v) is 6.54. The van der Waals surface area contributed by atoms with E-state index in [1.165, 1.54) is 0 Å². The number of anilines is 1. The molecule has 0 radical (unpaired) electrons. The number of carbonyl (C=O) groups excluding carboxylic acids is 1. The molecule has 0 spiro atoms. The Labute approximate surface area is 203 Å². The number of nitrogens with two attached hydrogens (primary N) is 1. The predicted octanol–water partition coefficient (Wildman–Crippen LogP) is 4.40. The van der Waals surface area contributed by atoms with Crippen molar-refractivity contribution in [2.24, 2.45) is 5.73 Å². The van der Waals surface area contributed by atoms with Crippen molar-refractivity contribution < 1.29 is 14.3 Å². The van der Waals surface area contributed by atoms with Gasteiger partial charge in [-0.2, -0.15) is 10.4 Å². The molecule has 8 heteroatoms. The first-order chi connectivity index (χ1) is 17.1. The van der Waals surface area contributed by atoms with Crippen LogP contribution in [0.4, 0.5) is 5.82 Å². The number of nitriles is 1. The summed E-state index contributed by atoms with van der Waals surface area (Å²) in [6, 6.07) is 19.3. The van der Waals surface area contributed by atoms with E-state index in [0.29, 0.717) is 47.7 Å². The molecule has 1 aromatic heterocycles. The van der Waals surface area contributed by atoms with Crippen LogP contribution in [0.25, 0.3) is 11.3 Å². The van der Waals surface area contributed by atoms with Gasteiger partial charge >= 0.3 is 0 Å². The lowest BCUT2D eigenvalue weighted by molar-refractivity contribution is -0.116. The maximum absolute atomic E-state index is 13.4. The molecule has 1 aliphatic carbocycles. The molecule has 0 bridgehead atoms. The fraction of sp³-hybridized carbons (Fsp3) is 0.222. The molecular formula is C27H25N5O3.